The number of unbranched alkanes of at least 4 members (excludes halogenated alkanes) is 1. The Morgan fingerprint density at radius 3 is 2.63 bits per heavy atom. The molecule has 0 saturated heterocycles. The molecule has 7 heteroatoms. The monoisotopic (exact) mass is 422 g/mol. The van der Waals surface area contributed by atoms with Crippen LogP contribution in [0.15, 0.2) is 72.4 Å². The molecule has 1 aromatic heterocycles. The summed E-state index contributed by atoms with van der Waals surface area (Å²) in [5.74, 6) is 1.73. The number of para-hydroxylation sites is 1. The molecule has 3 aromatic rings. The first-order valence-electron chi connectivity index (χ1n) is 9.96. The van der Waals surface area contributed by atoms with Gasteiger partial charge in [-0.25, -0.2) is 0 Å². The van der Waals surface area contributed by atoms with Crippen LogP contribution in [-0.2, 0) is 11.3 Å². The third-order valence-corrected chi connectivity index (χ3v) is 5.26. The first-order chi connectivity index (χ1) is 14.7. The summed E-state index contributed by atoms with van der Waals surface area (Å²) in [5, 5.41) is 12.2. The van der Waals surface area contributed by atoms with E-state index in [9.17, 15) is 4.79 Å². The number of anilines is 1. The Morgan fingerprint density at radius 1 is 1.17 bits per heavy atom. The van der Waals surface area contributed by atoms with Gasteiger partial charge in [0.15, 0.2) is 11.0 Å². The highest BCUT2D eigenvalue weighted by atomic mass is 32.2. The number of amides is 1. The van der Waals surface area contributed by atoms with Crippen LogP contribution in [-0.4, -0.2) is 33.0 Å². The van der Waals surface area contributed by atoms with E-state index < -0.39 is 0 Å². The maximum atomic E-state index is 12.3. The Balaban J connectivity index is 1.67. The van der Waals surface area contributed by atoms with Gasteiger partial charge in [0.1, 0.15) is 5.75 Å². The summed E-state index contributed by atoms with van der Waals surface area (Å²) in [6.45, 7) is 7.24. The Bertz CT molecular complexity index is 955. The maximum absolute atomic E-state index is 12.3. The molecule has 3 rings (SSSR count). The minimum absolute atomic E-state index is 0.0884. The van der Waals surface area contributed by atoms with E-state index in [2.05, 4.69) is 29.0 Å². The number of ether oxygens (including phenoxy) is 1. The number of carbonyl (C=O) groups is 1. The smallest absolute Gasteiger partial charge is 0.234 e. The standard InChI is InChI=1S/C23H26N4O2S/c1-3-5-16-29-20-13-11-18(12-14-20)22-25-26-23(27(22)15-4-2)30-17-21(28)24-19-9-7-6-8-10-19/h4,6-14H,2-3,5,15-17H2,1H3,(H,24,28). The van der Waals surface area contributed by atoms with E-state index in [-0.39, 0.29) is 11.7 Å². The highest BCUT2D eigenvalue weighted by molar-refractivity contribution is 7.99. The molecule has 0 radical (unpaired) electrons. The number of aromatic nitrogens is 3. The lowest BCUT2D eigenvalue weighted by Crippen LogP contribution is -2.14. The molecule has 0 fully saturated rings. The minimum Gasteiger partial charge on any atom is -0.494 e. The van der Waals surface area contributed by atoms with E-state index in [4.69, 9.17) is 4.74 Å². The molecule has 156 valence electrons. The molecule has 1 N–H and O–H groups in total. The fourth-order valence-corrected chi connectivity index (χ4v) is 3.53. The van der Waals surface area contributed by atoms with Gasteiger partial charge in [-0.1, -0.05) is 49.4 Å². The molecular formula is C23H26N4O2S. The summed E-state index contributed by atoms with van der Waals surface area (Å²) in [6.07, 6.45) is 3.93. The number of allylic oxidation sites excluding steroid dienone is 1. The molecule has 0 bridgehead atoms. The van der Waals surface area contributed by atoms with Gasteiger partial charge in [-0.3, -0.25) is 9.36 Å². The van der Waals surface area contributed by atoms with Gasteiger partial charge in [-0.05, 0) is 42.8 Å². The van der Waals surface area contributed by atoms with Gasteiger partial charge in [0.2, 0.25) is 5.91 Å². The lowest BCUT2D eigenvalue weighted by molar-refractivity contribution is -0.113. The van der Waals surface area contributed by atoms with Gasteiger partial charge in [-0.2, -0.15) is 0 Å². The molecule has 0 atom stereocenters. The minimum atomic E-state index is -0.0884. The summed E-state index contributed by atoms with van der Waals surface area (Å²) in [7, 11) is 0. The van der Waals surface area contributed by atoms with Crippen LogP contribution in [0.4, 0.5) is 5.69 Å². The quantitative estimate of drug-likeness (QED) is 0.266. The Morgan fingerprint density at radius 2 is 1.93 bits per heavy atom. The molecule has 6 nitrogen and oxygen atoms in total. The van der Waals surface area contributed by atoms with Crippen molar-refractivity contribution in [1.82, 2.24) is 14.8 Å². The summed E-state index contributed by atoms with van der Waals surface area (Å²) in [4.78, 5) is 12.3. The van der Waals surface area contributed by atoms with Crippen molar-refractivity contribution in [1.29, 1.82) is 0 Å². The van der Waals surface area contributed by atoms with Gasteiger partial charge in [-0.15, -0.1) is 16.8 Å². The van der Waals surface area contributed by atoms with Crippen molar-refractivity contribution in [3.05, 3.63) is 67.3 Å². The molecule has 0 aliphatic carbocycles. The van der Waals surface area contributed by atoms with Crippen LogP contribution in [0.1, 0.15) is 19.8 Å². The van der Waals surface area contributed by atoms with Crippen molar-refractivity contribution in [2.45, 2.75) is 31.5 Å². The van der Waals surface area contributed by atoms with Crippen molar-refractivity contribution in [3.63, 3.8) is 0 Å². The summed E-state index contributed by atoms with van der Waals surface area (Å²) in [6, 6.07) is 17.2. The van der Waals surface area contributed by atoms with Crippen LogP contribution < -0.4 is 10.1 Å². The van der Waals surface area contributed by atoms with E-state index in [0.717, 1.165) is 35.7 Å². The molecule has 0 aliphatic rings. The van der Waals surface area contributed by atoms with Crippen molar-refractivity contribution in [2.75, 3.05) is 17.7 Å². The highest BCUT2D eigenvalue weighted by Crippen LogP contribution is 2.26. The molecule has 2 aromatic carbocycles. The third kappa shape index (κ3) is 5.97. The van der Waals surface area contributed by atoms with Crippen LogP contribution in [0.25, 0.3) is 11.4 Å². The number of hydrogen-bond donors (Lipinski definition) is 1. The zero-order valence-electron chi connectivity index (χ0n) is 17.1. The summed E-state index contributed by atoms with van der Waals surface area (Å²) >= 11 is 1.35. The number of thioether (sulfide) groups is 1. The third-order valence-electron chi connectivity index (χ3n) is 4.30. The first kappa shape index (κ1) is 21.6. The highest BCUT2D eigenvalue weighted by Gasteiger charge is 2.15. The zero-order valence-corrected chi connectivity index (χ0v) is 17.9. The SMILES string of the molecule is C=CCn1c(SCC(=O)Nc2ccccc2)nnc1-c1ccc(OCCCC)cc1. The van der Waals surface area contributed by atoms with Gasteiger partial charge in [0.05, 0.1) is 12.4 Å². The second-order valence-corrected chi connectivity index (χ2v) is 7.58. The number of nitrogens with zero attached hydrogens (tertiary/aromatic N) is 3. The Labute approximate surface area is 181 Å². The van der Waals surface area contributed by atoms with Gasteiger partial charge >= 0.3 is 0 Å². The van der Waals surface area contributed by atoms with Gasteiger partial charge in [0, 0.05) is 17.8 Å². The van der Waals surface area contributed by atoms with Crippen molar-refractivity contribution in [2.24, 2.45) is 0 Å². The van der Waals surface area contributed by atoms with Crippen LogP contribution in [0.5, 0.6) is 5.75 Å². The molecule has 0 unspecified atom stereocenters. The fourth-order valence-electron chi connectivity index (χ4n) is 2.79. The van der Waals surface area contributed by atoms with E-state index in [1.165, 1.54) is 11.8 Å². The van der Waals surface area contributed by atoms with Crippen LogP contribution in [0.3, 0.4) is 0 Å². The molecule has 30 heavy (non-hydrogen) atoms. The van der Waals surface area contributed by atoms with E-state index in [1.54, 1.807) is 6.08 Å². The maximum Gasteiger partial charge on any atom is 0.234 e. The predicted molar refractivity (Wildman–Crippen MR) is 122 cm³/mol. The Hall–Kier alpha value is -3.06. The Kier molecular flexibility index (Phi) is 8.09. The van der Waals surface area contributed by atoms with Crippen molar-refractivity contribution < 1.29 is 9.53 Å². The van der Waals surface area contributed by atoms with E-state index in [1.807, 2.05) is 59.2 Å². The van der Waals surface area contributed by atoms with Crippen LogP contribution >= 0.6 is 11.8 Å². The summed E-state index contributed by atoms with van der Waals surface area (Å²) < 4.78 is 7.69. The second kappa shape index (κ2) is 11.2. The lowest BCUT2D eigenvalue weighted by Gasteiger charge is -2.09. The fraction of sp³-hybridized carbons (Fsp3) is 0.261. The van der Waals surface area contributed by atoms with Gasteiger partial charge < -0.3 is 10.1 Å². The summed E-state index contributed by atoms with van der Waals surface area (Å²) in [5.41, 5.74) is 1.71. The number of nitrogens with one attached hydrogen (secondary N) is 1. The number of hydrogen-bond acceptors (Lipinski definition) is 5. The predicted octanol–water partition coefficient (Wildman–Crippen LogP) is 5.04. The molecule has 1 heterocycles. The van der Waals surface area contributed by atoms with Crippen molar-refractivity contribution in [3.8, 4) is 17.1 Å². The topological polar surface area (TPSA) is 69.0 Å². The van der Waals surface area contributed by atoms with Crippen LogP contribution in [0.2, 0.25) is 0 Å². The van der Waals surface area contributed by atoms with Crippen molar-refractivity contribution >= 4 is 23.4 Å². The molecule has 0 spiro atoms. The molecular weight excluding hydrogens is 396 g/mol. The number of rotatable bonds is 11. The molecule has 0 aliphatic heterocycles. The first-order valence-corrected chi connectivity index (χ1v) is 10.9. The lowest BCUT2D eigenvalue weighted by atomic mass is 10.2. The average molecular weight is 423 g/mol. The number of carbonyl (C=O) groups excluding carboxylic acids is 1. The van der Waals surface area contributed by atoms with E-state index in [0.29, 0.717) is 18.3 Å². The zero-order chi connectivity index (χ0) is 21.2. The normalized spacial score (nSPS) is 10.6. The average Bonchev–Trinajstić information content (AvgIpc) is 3.16. The molecule has 0 saturated carbocycles. The molecule has 1 amide bonds. The van der Waals surface area contributed by atoms with E-state index >= 15 is 0 Å². The van der Waals surface area contributed by atoms with Crippen LogP contribution in [0, 0.1) is 0 Å². The van der Waals surface area contributed by atoms with Gasteiger partial charge in [0.25, 0.3) is 0 Å². The second-order valence-electron chi connectivity index (χ2n) is 6.63. The largest absolute Gasteiger partial charge is 0.494 e. The number of benzene rings is 2.